The fourth-order valence-corrected chi connectivity index (χ4v) is 5.72. The van der Waals surface area contributed by atoms with E-state index in [0.29, 0.717) is 42.8 Å². The van der Waals surface area contributed by atoms with Crippen LogP contribution in [0.4, 0.5) is 11.5 Å². The zero-order chi connectivity index (χ0) is 21.3. The maximum absolute atomic E-state index is 12.9. The van der Waals surface area contributed by atoms with Crippen LogP contribution in [0.3, 0.4) is 0 Å². The number of sulfonamides is 1. The summed E-state index contributed by atoms with van der Waals surface area (Å²) < 4.78 is 31.0. The molecule has 1 amide bonds. The fraction of sp³-hybridized carbons (Fsp3) is 0.400. The van der Waals surface area contributed by atoms with Gasteiger partial charge in [-0.25, -0.2) is 13.4 Å². The Morgan fingerprint density at radius 3 is 2.63 bits per heavy atom. The highest BCUT2D eigenvalue weighted by atomic mass is 35.5. The second-order valence-corrected chi connectivity index (χ2v) is 10.2. The van der Waals surface area contributed by atoms with Crippen LogP contribution in [0.2, 0.25) is 10.0 Å². The molecule has 1 N–H and O–H groups in total. The quantitative estimate of drug-likeness (QED) is 0.728. The van der Waals surface area contributed by atoms with Gasteiger partial charge in [-0.3, -0.25) is 9.10 Å². The van der Waals surface area contributed by atoms with Crippen LogP contribution < -0.4 is 9.62 Å². The van der Waals surface area contributed by atoms with Crippen molar-refractivity contribution >= 4 is 50.6 Å². The summed E-state index contributed by atoms with van der Waals surface area (Å²) in [4.78, 5) is 17.0. The summed E-state index contributed by atoms with van der Waals surface area (Å²) in [6.45, 7) is 1.74. The number of pyridine rings is 1. The van der Waals surface area contributed by atoms with Crippen molar-refractivity contribution in [1.82, 2.24) is 4.98 Å². The van der Waals surface area contributed by atoms with Crippen molar-refractivity contribution in [3.63, 3.8) is 0 Å². The average molecular weight is 470 g/mol. The summed E-state index contributed by atoms with van der Waals surface area (Å²) in [6, 6.07) is 6.89. The number of anilines is 2. The molecule has 0 bridgehead atoms. The number of carbonyl (C=O) groups is 1. The lowest BCUT2D eigenvalue weighted by molar-refractivity contribution is 0.0853. The molecule has 0 saturated carbocycles. The molecule has 30 heavy (non-hydrogen) atoms. The van der Waals surface area contributed by atoms with Gasteiger partial charge in [-0.1, -0.05) is 23.2 Å². The molecular formula is C20H21Cl2N3O4S. The van der Waals surface area contributed by atoms with Crippen LogP contribution in [0, 0.1) is 0 Å². The van der Waals surface area contributed by atoms with Crippen LogP contribution in [0.15, 0.2) is 30.5 Å². The lowest BCUT2D eigenvalue weighted by Crippen LogP contribution is -2.26. The smallest absolute Gasteiger partial charge is 0.257 e. The largest absolute Gasteiger partial charge is 0.381 e. The Morgan fingerprint density at radius 2 is 1.93 bits per heavy atom. The molecule has 2 aromatic rings. The molecule has 0 unspecified atom stereocenters. The molecule has 0 aliphatic carbocycles. The molecule has 1 aromatic heterocycles. The number of amides is 1. The predicted octanol–water partition coefficient (Wildman–Crippen LogP) is 4.07. The van der Waals surface area contributed by atoms with E-state index in [4.69, 9.17) is 27.9 Å². The first kappa shape index (κ1) is 21.4. The zero-order valence-electron chi connectivity index (χ0n) is 16.1. The Morgan fingerprint density at radius 1 is 1.17 bits per heavy atom. The van der Waals surface area contributed by atoms with Gasteiger partial charge in [0.15, 0.2) is 0 Å². The maximum Gasteiger partial charge on any atom is 0.257 e. The third-order valence-corrected chi connectivity index (χ3v) is 7.68. The fourth-order valence-electron chi connectivity index (χ4n) is 3.78. The molecule has 2 saturated heterocycles. The monoisotopic (exact) mass is 469 g/mol. The van der Waals surface area contributed by atoms with Gasteiger partial charge in [-0.05, 0) is 55.0 Å². The van der Waals surface area contributed by atoms with Crippen LogP contribution in [-0.4, -0.2) is 44.8 Å². The number of hydrogen-bond donors (Lipinski definition) is 1. The van der Waals surface area contributed by atoms with E-state index in [1.54, 1.807) is 6.07 Å². The number of nitrogens with one attached hydrogen (secondary N) is 1. The van der Waals surface area contributed by atoms with Crippen molar-refractivity contribution in [1.29, 1.82) is 0 Å². The first-order valence-corrected chi connectivity index (χ1v) is 12.1. The van der Waals surface area contributed by atoms with E-state index in [1.165, 1.54) is 16.6 Å². The Hall–Kier alpha value is -1.87. The second-order valence-electron chi connectivity index (χ2n) is 7.38. The van der Waals surface area contributed by atoms with Gasteiger partial charge in [-0.2, -0.15) is 0 Å². The van der Waals surface area contributed by atoms with E-state index < -0.39 is 15.9 Å². The van der Waals surface area contributed by atoms with Crippen LogP contribution in [-0.2, 0) is 14.8 Å². The number of aromatic nitrogens is 1. The number of ether oxygens (including phenoxy) is 1. The second kappa shape index (κ2) is 8.70. The van der Waals surface area contributed by atoms with Gasteiger partial charge < -0.3 is 10.1 Å². The molecule has 0 radical (unpaired) electrons. The van der Waals surface area contributed by atoms with Crippen molar-refractivity contribution in [2.75, 3.05) is 35.1 Å². The van der Waals surface area contributed by atoms with E-state index in [1.807, 2.05) is 12.1 Å². The number of nitrogens with zero attached hydrogens (tertiary/aromatic N) is 2. The molecule has 2 aliphatic heterocycles. The Labute approximate surface area is 185 Å². The van der Waals surface area contributed by atoms with Crippen LogP contribution in [0.1, 0.15) is 41.1 Å². The normalized spacial score (nSPS) is 19.1. The predicted molar refractivity (Wildman–Crippen MR) is 117 cm³/mol. The summed E-state index contributed by atoms with van der Waals surface area (Å²) in [5.74, 6) is 0.122. The molecule has 1 aromatic carbocycles. The highest BCUT2D eigenvalue weighted by Gasteiger charge is 2.30. The van der Waals surface area contributed by atoms with Crippen molar-refractivity contribution in [3.05, 3.63) is 51.6 Å². The molecule has 7 nitrogen and oxygen atoms in total. The van der Waals surface area contributed by atoms with E-state index in [0.717, 1.165) is 18.4 Å². The topological polar surface area (TPSA) is 88.6 Å². The van der Waals surface area contributed by atoms with Crippen molar-refractivity contribution in [2.45, 2.75) is 25.2 Å². The number of rotatable bonds is 4. The molecule has 3 heterocycles. The van der Waals surface area contributed by atoms with E-state index in [2.05, 4.69) is 10.3 Å². The minimum atomic E-state index is -3.41. The first-order chi connectivity index (χ1) is 14.3. The Kier molecular flexibility index (Phi) is 6.20. The lowest BCUT2D eigenvalue weighted by Gasteiger charge is -2.23. The zero-order valence-corrected chi connectivity index (χ0v) is 18.4. The molecule has 0 atom stereocenters. The van der Waals surface area contributed by atoms with Crippen molar-refractivity contribution < 1.29 is 17.9 Å². The summed E-state index contributed by atoms with van der Waals surface area (Å²) in [6.07, 6.45) is 3.62. The number of carbonyl (C=O) groups excluding carboxylic acids is 1. The molecule has 10 heteroatoms. The van der Waals surface area contributed by atoms with Gasteiger partial charge in [0.2, 0.25) is 10.0 Å². The lowest BCUT2D eigenvalue weighted by atomic mass is 9.91. The number of benzene rings is 1. The number of hydrogen-bond acceptors (Lipinski definition) is 5. The van der Waals surface area contributed by atoms with Gasteiger partial charge in [0.05, 0.1) is 16.3 Å². The van der Waals surface area contributed by atoms with E-state index in [9.17, 15) is 13.2 Å². The summed E-state index contributed by atoms with van der Waals surface area (Å²) in [7, 11) is -3.41. The van der Waals surface area contributed by atoms with Crippen LogP contribution in [0.25, 0.3) is 0 Å². The van der Waals surface area contributed by atoms with E-state index >= 15 is 0 Å². The molecular weight excluding hydrogens is 449 g/mol. The number of halogens is 2. The summed E-state index contributed by atoms with van der Waals surface area (Å²) in [5.41, 5.74) is 1.75. The average Bonchev–Trinajstić information content (AvgIpc) is 3.07. The Balaban J connectivity index is 1.58. The minimum Gasteiger partial charge on any atom is -0.381 e. The molecule has 4 rings (SSSR count). The minimum absolute atomic E-state index is 0.0658. The van der Waals surface area contributed by atoms with Crippen LogP contribution in [0.5, 0.6) is 0 Å². The van der Waals surface area contributed by atoms with Gasteiger partial charge in [-0.15, -0.1) is 0 Å². The van der Waals surface area contributed by atoms with Crippen molar-refractivity contribution in [3.8, 4) is 0 Å². The SMILES string of the molecule is O=C(Nc1cc(Cl)cc(C2CCOCC2)c1)c1cc(N2CCCS2(=O)=O)ncc1Cl. The maximum atomic E-state index is 12.9. The van der Waals surface area contributed by atoms with Gasteiger partial charge in [0, 0.05) is 36.7 Å². The van der Waals surface area contributed by atoms with Crippen LogP contribution >= 0.6 is 23.2 Å². The third kappa shape index (κ3) is 4.56. The molecule has 160 valence electrons. The molecule has 0 spiro atoms. The standard InChI is InChI=1S/C20H21Cl2N3O4S/c21-15-8-14(13-2-5-29-6-3-13)9-16(10-15)24-20(26)17-11-19(23-12-18(17)22)25-4-1-7-30(25,27)28/h8-13H,1-7H2,(H,24,26). The van der Waals surface area contributed by atoms with E-state index in [-0.39, 0.29) is 22.2 Å². The van der Waals surface area contributed by atoms with Gasteiger partial charge in [0.1, 0.15) is 5.82 Å². The van der Waals surface area contributed by atoms with Gasteiger partial charge in [0.25, 0.3) is 5.91 Å². The Bertz CT molecular complexity index is 1070. The molecule has 2 aliphatic rings. The highest BCUT2D eigenvalue weighted by molar-refractivity contribution is 7.93. The summed E-state index contributed by atoms with van der Waals surface area (Å²) >= 11 is 12.5. The van der Waals surface area contributed by atoms with Crippen molar-refractivity contribution in [2.24, 2.45) is 0 Å². The summed E-state index contributed by atoms with van der Waals surface area (Å²) in [5, 5.41) is 3.49. The van der Waals surface area contributed by atoms with Gasteiger partial charge >= 0.3 is 0 Å². The highest BCUT2D eigenvalue weighted by Crippen LogP contribution is 2.32. The molecule has 2 fully saturated rings. The third-order valence-electron chi connectivity index (χ3n) is 5.31. The first-order valence-electron chi connectivity index (χ1n) is 9.69.